The van der Waals surface area contributed by atoms with E-state index in [0.29, 0.717) is 30.0 Å². The third-order valence-electron chi connectivity index (χ3n) is 3.71. The molecule has 0 saturated carbocycles. The Balaban J connectivity index is 1.68. The van der Waals surface area contributed by atoms with Gasteiger partial charge in [0.2, 0.25) is 0 Å². The Morgan fingerprint density at radius 2 is 1.86 bits per heavy atom. The molecule has 1 fully saturated rings. The van der Waals surface area contributed by atoms with Gasteiger partial charge in [-0.1, -0.05) is 0 Å². The number of aromatic nitrogens is 1. The Morgan fingerprint density at radius 1 is 1.18 bits per heavy atom. The number of halogens is 1. The lowest BCUT2D eigenvalue weighted by atomic mass is 10.2. The number of rotatable bonds is 3. The lowest BCUT2D eigenvalue weighted by molar-refractivity contribution is 0.0793. The highest BCUT2D eigenvalue weighted by molar-refractivity contribution is 7.85. The molecule has 0 bridgehead atoms. The molecule has 2 heterocycles. The standard InChI is InChI=1S/C16H15FN2O2S/c17-13-1-3-14(4-2-13)22(21)15-7-10-19(11-15)16(20)12-5-8-18-9-6-12/h1-6,8-9,15H,7,10-11H2/t15-,22?/m0/s1. The van der Waals surface area contributed by atoms with Gasteiger partial charge in [-0.05, 0) is 42.8 Å². The van der Waals surface area contributed by atoms with Crippen molar-refractivity contribution >= 4 is 16.7 Å². The van der Waals surface area contributed by atoms with Gasteiger partial charge in [0.05, 0.1) is 16.0 Å². The first-order chi connectivity index (χ1) is 10.6. The molecule has 114 valence electrons. The predicted molar refractivity (Wildman–Crippen MR) is 81.4 cm³/mol. The Morgan fingerprint density at radius 3 is 2.55 bits per heavy atom. The molecule has 2 atom stereocenters. The summed E-state index contributed by atoms with van der Waals surface area (Å²) in [6.07, 6.45) is 3.84. The van der Waals surface area contributed by atoms with Crippen molar-refractivity contribution in [3.63, 3.8) is 0 Å². The molecule has 6 heteroatoms. The summed E-state index contributed by atoms with van der Waals surface area (Å²) >= 11 is 0. The molecule has 0 aliphatic carbocycles. The molecule has 0 radical (unpaired) electrons. The van der Waals surface area contributed by atoms with Gasteiger partial charge >= 0.3 is 0 Å². The number of hydrogen-bond donors (Lipinski definition) is 0. The van der Waals surface area contributed by atoms with Gasteiger partial charge in [-0.15, -0.1) is 0 Å². The monoisotopic (exact) mass is 318 g/mol. The van der Waals surface area contributed by atoms with Gasteiger partial charge in [-0.25, -0.2) is 4.39 Å². The molecule has 1 aromatic heterocycles. The van der Waals surface area contributed by atoms with Crippen LogP contribution in [-0.4, -0.2) is 38.3 Å². The van der Waals surface area contributed by atoms with E-state index in [4.69, 9.17) is 0 Å². The summed E-state index contributed by atoms with van der Waals surface area (Å²) in [5.74, 6) is -0.414. The average molecular weight is 318 g/mol. The maximum Gasteiger partial charge on any atom is 0.254 e. The van der Waals surface area contributed by atoms with Crippen molar-refractivity contribution in [3.8, 4) is 0 Å². The van der Waals surface area contributed by atoms with Crippen LogP contribution in [0.15, 0.2) is 53.7 Å². The van der Waals surface area contributed by atoms with Crippen molar-refractivity contribution in [2.24, 2.45) is 0 Å². The van der Waals surface area contributed by atoms with Crippen LogP contribution in [-0.2, 0) is 10.8 Å². The molecule has 1 aromatic carbocycles. The number of benzene rings is 1. The Hall–Kier alpha value is -2.08. The number of nitrogens with zero attached hydrogens (tertiary/aromatic N) is 2. The van der Waals surface area contributed by atoms with Gasteiger partial charge in [0, 0.05) is 35.9 Å². The van der Waals surface area contributed by atoms with Crippen LogP contribution in [0, 0.1) is 5.82 Å². The molecule has 0 N–H and O–H groups in total. The smallest absolute Gasteiger partial charge is 0.254 e. The molecular weight excluding hydrogens is 303 g/mol. The Labute approximate surface area is 130 Å². The number of likely N-dealkylation sites (tertiary alicyclic amines) is 1. The maximum absolute atomic E-state index is 12.9. The highest BCUT2D eigenvalue weighted by Gasteiger charge is 2.31. The summed E-state index contributed by atoms with van der Waals surface area (Å²) in [6.45, 7) is 1.03. The van der Waals surface area contributed by atoms with E-state index in [2.05, 4.69) is 4.98 Å². The largest absolute Gasteiger partial charge is 0.337 e. The lowest BCUT2D eigenvalue weighted by Gasteiger charge is -2.16. The molecule has 4 nitrogen and oxygen atoms in total. The summed E-state index contributed by atoms with van der Waals surface area (Å²) in [6, 6.07) is 9.04. The van der Waals surface area contributed by atoms with E-state index in [1.807, 2.05) is 0 Å². The average Bonchev–Trinajstić information content (AvgIpc) is 3.05. The normalized spacial score (nSPS) is 19.1. The van der Waals surface area contributed by atoms with E-state index in [0.717, 1.165) is 0 Å². The number of hydrogen-bond acceptors (Lipinski definition) is 3. The third-order valence-corrected chi connectivity index (χ3v) is 5.44. The first-order valence-corrected chi connectivity index (χ1v) is 8.22. The van der Waals surface area contributed by atoms with E-state index in [1.165, 1.54) is 12.1 Å². The lowest BCUT2D eigenvalue weighted by Crippen LogP contribution is -2.30. The number of amides is 1. The summed E-state index contributed by atoms with van der Waals surface area (Å²) in [4.78, 5) is 18.6. The second-order valence-electron chi connectivity index (χ2n) is 5.15. The molecule has 1 saturated heterocycles. The highest BCUT2D eigenvalue weighted by Crippen LogP contribution is 2.22. The van der Waals surface area contributed by atoms with E-state index in [1.54, 1.807) is 41.6 Å². The number of pyridine rings is 1. The minimum atomic E-state index is -1.23. The van der Waals surface area contributed by atoms with Gasteiger partial charge in [0.15, 0.2) is 0 Å². The molecule has 3 rings (SSSR count). The van der Waals surface area contributed by atoms with E-state index in [9.17, 15) is 13.4 Å². The summed E-state index contributed by atoms with van der Waals surface area (Å²) in [7, 11) is -1.23. The Kier molecular flexibility index (Phi) is 4.29. The molecule has 22 heavy (non-hydrogen) atoms. The van der Waals surface area contributed by atoms with Crippen LogP contribution in [0.5, 0.6) is 0 Å². The number of carbonyl (C=O) groups is 1. The predicted octanol–water partition coefficient (Wildman–Crippen LogP) is 2.24. The van der Waals surface area contributed by atoms with Gasteiger partial charge in [-0.3, -0.25) is 14.0 Å². The SMILES string of the molecule is O=C(c1ccncc1)N1CC[C@H](S(=O)c2ccc(F)cc2)C1. The van der Waals surface area contributed by atoms with Gasteiger partial charge in [-0.2, -0.15) is 0 Å². The zero-order valence-electron chi connectivity index (χ0n) is 11.8. The van der Waals surface area contributed by atoms with Crippen molar-refractivity contribution < 1.29 is 13.4 Å². The van der Waals surface area contributed by atoms with Crippen molar-refractivity contribution in [2.45, 2.75) is 16.6 Å². The van der Waals surface area contributed by atoms with Crippen molar-refractivity contribution in [1.82, 2.24) is 9.88 Å². The first-order valence-electron chi connectivity index (χ1n) is 7.00. The van der Waals surface area contributed by atoms with Crippen molar-refractivity contribution in [2.75, 3.05) is 13.1 Å². The number of carbonyl (C=O) groups excluding carboxylic acids is 1. The molecule has 1 aliphatic heterocycles. The summed E-state index contributed by atoms with van der Waals surface area (Å²) in [5, 5.41) is -0.115. The van der Waals surface area contributed by atoms with E-state index in [-0.39, 0.29) is 17.0 Å². The fourth-order valence-corrected chi connectivity index (χ4v) is 3.95. The summed E-state index contributed by atoms with van der Waals surface area (Å²) in [5.41, 5.74) is 0.586. The second kappa shape index (κ2) is 6.36. The molecule has 1 aliphatic rings. The topological polar surface area (TPSA) is 50.3 Å². The minimum Gasteiger partial charge on any atom is -0.337 e. The zero-order valence-corrected chi connectivity index (χ0v) is 12.6. The van der Waals surface area contributed by atoms with Gasteiger partial charge < -0.3 is 4.90 Å². The third kappa shape index (κ3) is 3.06. The fourth-order valence-electron chi connectivity index (χ4n) is 2.53. The molecule has 1 unspecified atom stereocenters. The van der Waals surface area contributed by atoms with Crippen LogP contribution < -0.4 is 0 Å². The quantitative estimate of drug-likeness (QED) is 0.872. The molecule has 1 amide bonds. The van der Waals surface area contributed by atoms with E-state index >= 15 is 0 Å². The highest BCUT2D eigenvalue weighted by atomic mass is 32.2. The molecule has 0 spiro atoms. The molecular formula is C16H15FN2O2S. The zero-order chi connectivity index (χ0) is 15.5. The maximum atomic E-state index is 12.9. The van der Waals surface area contributed by atoms with Gasteiger partial charge in [0.25, 0.3) is 5.91 Å². The van der Waals surface area contributed by atoms with E-state index < -0.39 is 10.8 Å². The fraction of sp³-hybridized carbons (Fsp3) is 0.250. The minimum absolute atomic E-state index is 0.0685. The van der Waals surface area contributed by atoms with Crippen molar-refractivity contribution in [1.29, 1.82) is 0 Å². The van der Waals surface area contributed by atoms with Crippen molar-refractivity contribution in [3.05, 3.63) is 60.2 Å². The Bertz CT molecular complexity index is 691. The molecule has 2 aromatic rings. The van der Waals surface area contributed by atoms with Crippen LogP contribution in [0.3, 0.4) is 0 Å². The van der Waals surface area contributed by atoms with Crippen LogP contribution in [0.25, 0.3) is 0 Å². The van der Waals surface area contributed by atoms with Crippen LogP contribution >= 0.6 is 0 Å². The first kappa shape index (κ1) is 14.8. The summed E-state index contributed by atoms with van der Waals surface area (Å²) < 4.78 is 25.4. The van der Waals surface area contributed by atoms with Gasteiger partial charge in [0.1, 0.15) is 5.82 Å². The van der Waals surface area contributed by atoms with Crippen LogP contribution in [0.4, 0.5) is 4.39 Å². The second-order valence-corrected chi connectivity index (χ2v) is 6.88. The van der Waals surface area contributed by atoms with Crippen LogP contribution in [0.1, 0.15) is 16.8 Å². The van der Waals surface area contributed by atoms with Crippen LogP contribution in [0.2, 0.25) is 0 Å².